The van der Waals surface area contributed by atoms with Crippen LogP contribution in [0.25, 0.3) is 5.69 Å². The predicted octanol–water partition coefficient (Wildman–Crippen LogP) is 0.912. The summed E-state index contributed by atoms with van der Waals surface area (Å²) in [6.45, 7) is 1.29. The normalized spacial score (nSPS) is 17.6. The van der Waals surface area contributed by atoms with Crippen LogP contribution in [0.15, 0.2) is 35.4 Å². The summed E-state index contributed by atoms with van der Waals surface area (Å²) in [5.74, 6) is 1.09. The van der Waals surface area contributed by atoms with Gasteiger partial charge in [-0.05, 0) is 54.3 Å². The van der Waals surface area contributed by atoms with Crippen molar-refractivity contribution >= 4 is 5.91 Å². The molecule has 2 fully saturated rings. The smallest absolute Gasteiger partial charge is 0.339 e. The van der Waals surface area contributed by atoms with Crippen molar-refractivity contribution in [3.05, 3.63) is 52.5 Å². The lowest BCUT2D eigenvalue weighted by Gasteiger charge is -2.31. The highest BCUT2D eigenvalue weighted by atomic mass is 16.2. The summed E-state index contributed by atoms with van der Waals surface area (Å²) in [6, 6.07) is 7.61. The zero-order chi connectivity index (χ0) is 20.0. The predicted molar refractivity (Wildman–Crippen MR) is 103 cm³/mol. The number of carbonyl (C=O) groups excluding carboxylic acids is 1. The third-order valence-electron chi connectivity index (χ3n) is 5.75. The Bertz CT molecular complexity index is 1090. The van der Waals surface area contributed by atoms with E-state index >= 15 is 0 Å². The van der Waals surface area contributed by atoms with Crippen molar-refractivity contribution in [3.63, 3.8) is 0 Å². The summed E-state index contributed by atoms with van der Waals surface area (Å²) in [5.41, 5.74) is 1.34. The van der Waals surface area contributed by atoms with Gasteiger partial charge in [-0.15, -0.1) is 5.10 Å². The van der Waals surface area contributed by atoms with Gasteiger partial charge in [0.1, 0.15) is 12.2 Å². The van der Waals surface area contributed by atoms with Gasteiger partial charge in [-0.1, -0.05) is 6.07 Å². The van der Waals surface area contributed by atoms with Crippen LogP contribution < -0.4 is 5.69 Å². The Hall–Kier alpha value is -3.30. The molecule has 150 valence electrons. The Kier molecular flexibility index (Phi) is 4.26. The SMILES string of the molecule is Cn1nc(C2CCN(C(=O)c3cccc(-n4cnnn4)c3)CC2)n(C2CC2)c1=O. The van der Waals surface area contributed by atoms with Gasteiger partial charge in [0.25, 0.3) is 5.91 Å². The standard InChI is InChI=1S/C19H22N8O2/c1-24-19(29)27(15-5-6-15)17(21-24)13-7-9-25(10-8-13)18(28)14-3-2-4-16(11-14)26-12-20-22-23-26/h2-4,11-13,15H,5-10H2,1H3. The molecule has 10 nitrogen and oxygen atoms in total. The summed E-state index contributed by atoms with van der Waals surface area (Å²) in [4.78, 5) is 27.3. The molecule has 10 heteroatoms. The van der Waals surface area contributed by atoms with Crippen molar-refractivity contribution in [3.8, 4) is 5.69 Å². The van der Waals surface area contributed by atoms with Crippen molar-refractivity contribution in [2.24, 2.45) is 7.05 Å². The Morgan fingerprint density at radius 3 is 2.62 bits per heavy atom. The Morgan fingerprint density at radius 1 is 1.14 bits per heavy atom. The highest BCUT2D eigenvalue weighted by Gasteiger charge is 2.34. The molecule has 3 heterocycles. The van der Waals surface area contributed by atoms with Crippen LogP contribution in [0.3, 0.4) is 0 Å². The first-order valence-corrected chi connectivity index (χ1v) is 9.90. The van der Waals surface area contributed by atoms with Gasteiger partial charge in [-0.2, -0.15) is 5.10 Å². The minimum Gasteiger partial charge on any atom is -0.339 e. The average Bonchev–Trinajstić information content (AvgIpc) is 3.34. The fourth-order valence-corrected chi connectivity index (χ4v) is 4.04. The fraction of sp³-hybridized carbons (Fsp3) is 0.474. The van der Waals surface area contributed by atoms with Gasteiger partial charge >= 0.3 is 5.69 Å². The average molecular weight is 394 g/mol. The van der Waals surface area contributed by atoms with Crippen LogP contribution in [0.1, 0.15) is 53.8 Å². The molecule has 1 amide bonds. The molecule has 0 radical (unpaired) electrons. The molecule has 0 N–H and O–H groups in total. The zero-order valence-corrected chi connectivity index (χ0v) is 16.2. The molecule has 1 aromatic carbocycles. The van der Waals surface area contributed by atoms with Crippen LogP contribution in [0, 0.1) is 0 Å². The number of hydrogen-bond donors (Lipinski definition) is 0. The summed E-state index contributed by atoms with van der Waals surface area (Å²) >= 11 is 0. The number of carbonyl (C=O) groups is 1. The topological polar surface area (TPSA) is 104 Å². The molecule has 1 saturated carbocycles. The first-order valence-electron chi connectivity index (χ1n) is 9.90. The minimum absolute atomic E-state index is 0.000946. The third-order valence-corrected chi connectivity index (χ3v) is 5.75. The lowest BCUT2D eigenvalue weighted by molar-refractivity contribution is 0.0710. The molecule has 0 unspecified atom stereocenters. The van der Waals surface area contributed by atoms with Gasteiger partial charge in [0.2, 0.25) is 0 Å². The molecule has 2 aromatic heterocycles. The largest absolute Gasteiger partial charge is 0.345 e. The van der Waals surface area contributed by atoms with Gasteiger partial charge in [-0.3, -0.25) is 9.36 Å². The van der Waals surface area contributed by atoms with Gasteiger partial charge in [-0.25, -0.2) is 14.2 Å². The van der Waals surface area contributed by atoms with Gasteiger partial charge < -0.3 is 4.90 Å². The molecule has 0 atom stereocenters. The van der Waals surface area contributed by atoms with E-state index in [0.717, 1.165) is 37.2 Å². The maximum atomic E-state index is 13.0. The lowest BCUT2D eigenvalue weighted by atomic mass is 9.95. The van der Waals surface area contributed by atoms with Gasteiger partial charge in [0.05, 0.1) is 5.69 Å². The maximum Gasteiger partial charge on any atom is 0.345 e. The summed E-state index contributed by atoms with van der Waals surface area (Å²) in [7, 11) is 1.71. The van der Waals surface area contributed by atoms with Crippen molar-refractivity contribution in [1.29, 1.82) is 0 Å². The second kappa shape index (κ2) is 6.94. The van der Waals surface area contributed by atoms with E-state index in [4.69, 9.17) is 0 Å². The summed E-state index contributed by atoms with van der Waals surface area (Å²) < 4.78 is 4.84. The Morgan fingerprint density at radius 2 is 1.93 bits per heavy atom. The number of likely N-dealkylation sites (tertiary alicyclic amines) is 1. The molecule has 1 aliphatic heterocycles. The van der Waals surface area contributed by atoms with Crippen molar-refractivity contribution in [2.45, 2.75) is 37.6 Å². The molecule has 5 rings (SSSR count). The molecular weight excluding hydrogens is 372 g/mol. The number of amides is 1. The maximum absolute atomic E-state index is 13.0. The van der Waals surface area contributed by atoms with Gasteiger partial charge in [0.15, 0.2) is 0 Å². The van der Waals surface area contributed by atoms with E-state index in [1.807, 2.05) is 27.7 Å². The molecule has 3 aromatic rings. The van der Waals surface area contributed by atoms with Crippen LogP contribution in [-0.4, -0.2) is 58.5 Å². The van der Waals surface area contributed by atoms with E-state index in [-0.39, 0.29) is 17.5 Å². The van der Waals surface area contributed by atoms with Crippen molar-refractivity contribution < 1.29 is 4.79 Å². The third kappa shape index (κ3) is 3.24. The molecule has 1 aliphatic carbocycles. The van der Waals surface area contributed by atoms with E-state index in [9.17, 15) is 9.59 Å². The first-order chi connectivity index (χ1) is 14.1. The number of rotatable bonds is 4. The van der Waals surface area contributed by atoms with Crippen molar-refractivity contribution in [1.82, 2.24) is 39.5 Å². The summed E-state index contributed by atoms with van der Waals surface area (Å²) in [5, 5.41) is 15.7. The highest BCUT2D eigenvalue weighted by molar-refractivity contribution is 5.94. The summed E-state index contributed by atoms with van der Waals surface area (Å²) in [6.07, 6.45) is 5.21. The zero-order valence-electron chi connectivity index (χ0n) is 16.2. The first kappa shape index (κ1) is 17.8. The van der Waals surface area contributed by atoms with E-state index in [0.29, 0.717) is 24.7 Å². The quantitative estimate of drug-likeness (QED) is 0.652. The Balaban J connectivity index is 1.30. The Labute approximate surface area is 166 Å². The molecule has 0 spiro atoms. The van der Waals surface area contributed by atoms with Gasteiger partial charge in [0, 0.05) is 37.7 Å². The molecule has 29 heavy (non-hydrogen) atoms. The number of nitrogens with zero attached hydrogens (tertiary/aromatic N) is 8. The van der Waals surface area contributed by atoms with Crippen LogP contribution in [0.5, 0.6) is 0 Å². The van der Waals surface area contributed by atoms with E-state index in [1.54, 1.807) is 13.1 Å². The lowest BCUT2D eigenvalue weighted by Crippen LogP contribution is -2.38. The number of tetrazole rings is 1. The second-order valence-electron chi connectivity index (χ2n) is 7.74. The van der Waals surface area contributed by atoms with Crippen LogP contribution in [0.2, 0.25) is 0 Å². The van der Waals surface area contributed by atoms with Crippen LogP contribution in [0.4, 0.5) is 0 Å². The second-order valence-corrected chi connectivity index (χ2v) is 7.74. The number of aromatic nitrogens is 7. The number of aryl methyl sites for hydroxylation is 1. The minimum atomic E-state index is -0.0274. The monoisotopic (exact) mass is 394 g/mol. The van der Waals surface area contributed by atoms with E-state index < -0.39 is 0 Å². The van der Waals surface area contributed by atoms with Crippen LogP contribution >= 0.6 is 0 Å². The van der Waals surface area contributed by atoms with E-state index in [1.165, 1.54) is 15.7 Å². The molecule has 2 aliphatic rings. The molecular formula is C19H22N8O2. The van der Waals surface area contributed by atoms with Crippen LogP contribution in [-0.2, 0) is 7.05 Å². The van der Waals surface area contributed by atoms with Crippen molar-refractivity contribution in [2.75, 3.05) is 13.1 Å². The van der Waals surface area contributed by atoms with E-state index in [2.05, 4.69) is 20.6 Å². The number of benzene rings is 1. The molecule has 0 bridgehead atoms. The number of piperidine rings is 1. The molecule has 1 saturated heterocycles. The fourth-order valence-electron chi connectivity index (χ4n) is 4.04. The number of hydrogen-bond acceptors (Lipinski definition) is 6. The highest BCUT2D eigenvalue weighted by Crippen LogP contribution is 2.37.